The van der Waals surface area contributed by atoms with E-state index < -0.39 is 0 Å². The molecule has 0 rings (SSSR count). The van der Waals surface area contributed by atoms with Gasteiger partial charge in [-0.05, 0) is 24.2 Å². The van der Waals surface area contributed by atoms with Crippen molar-refractivity contribution in [1.29, 1.82) is 5.41 Å². The highest BCUT2D eigenvalue weighted by atomic mass is 14.5. The molecule has 0 spiro atoms. The summed E-state index contributed by atoms with van der Waals surface area (Å²) in [5.41, 5.74) is 1.03. The third-order valence-corrected chi connectivity index (χ3v) is 3.53. The molecular formula is C16H33N. The molecule has 0 aromatic heterocycles. The largest absolute Gasteiger partial charge is 0.309 e. The lowest BCUT2D eigenvalue weighted by molar-refractivity contribution is 0.456. The summed E-state index contributed by atoms with van der Waals surface area (Å²) < 4.78 is 0. The summed E-state index contributed by atoms with van der Waals surface area (Å²) in [7, 11) is 0. The van der Waals surface area contributed by atoms with Crippen molar-refractivity contribution in [3.05, 3.63) is 0 Å². The van der Waals surface area contributed by atoms with Crippen LogP contribution in [0.5, 0.6) is 0 Å². The molecule has 102 valence electrons. The van der Waals surface area contributed by atoms with Crippen molar-refractivity contribution >= 4 is 5.71 Å². The number of rotatable bonds is 9. The van der Waals surface area contributed by atoms with Gasteiger partial charge in [-0.1, -0.05) is 73.1 Å². The predicted octanol–water partition coefficient (Wildman–Crippen LogP) is 5.83. The highest BCUT2D eigenvalue weighted by Crippen LogP contribution is 2.27. The van der Waals surface area contributed by atoms with Crippen LogP contribution in [-0.4, -0.2) is 5.71 Å². The van der Waals surface area contributed by atoms with E-state index in [1.54, 1.807) is 0 Å². The van der Waals surface area contributed by atoms with Crippen LogP contribution in [0.4, 0.5) is 0 Å². The average molecular weight is 239 g/mol. The number of hydrogen-bond donors (Lipinski definition) is 1. The first kappa shape index (κ1) is 16.7. The van der Waals surface area contributed by atoms with Crippen molar-refractivity contribution in [3.8, 4) is 0 Å². The van der Waals surface area contributed by atoms with Crippen molar-refractivity contribution in [2.75, 3.05) is 0 Å². The van der Waals surface area contributed by atoms with Crippen LogP contribution in [-0.2, 0) is 0 Å². The Morgan fingerprint density at radius 3 is 1.88 bits per heavy atom. The van der Waals surface area contributed by atoms with E-state index in [4.69, 9.17) is 5.41 Å². The summed E-state index contributed by atoms with van der Waals surface area (Å²) in [6.45, 7) is 11.0. The highest BCUT2D eigenvalue weighted by molar-refractivity contribution is 5.88. The minimum atomic E-state index is 0.0587. The first-order valence-electron chi connectivity index (χ1n) is 7.52. The Balaban J connectivity index is 4.18. The Labute approximate surface area is 109 Å². The molecule has 0 bridgehead atoms. The van der Waals surface area contributed by atoms with Crippen LogP contribution >= 0.6 is 0 Å². The second-order valence-corrected chi connectivity index (χ2v) is 6.35. The summed E-state index contributed by atoms with van der Waals surface area (Å²) in [6, 6.07) is 0. The van der Waals surface area contributed by atoms with Crippen LogP contribution in [0.15, 0.2) is 0 Å². The van der Waals surface area contributed by atoms with Gasteiger partial charge < -0.3 is 5.41 Å². The molecule has 0 saturated heterocycles. The van der Waals surface area contributed by atoms with Gasteiger partial charge in [0.15, 0.2) is 0 Å². The maximum atomic E-state index is 8.36. The van der Waals surface area contributed by atoms with E-state index in [1.807, 2.05) is 0 Å². The van der Waals surface area contributed by atoms with Gasteiger partial charge in [0, 0.05) is 5.71 Å². The highest BCUT2D eigenvalue weighted by Gasteiger charge is 2.24. The molecule has 1 atom stereocenters. The third kappa shape index (κ3) is 7.57. The Morgan fingerprint density at radius 2 is 1.41 bits per heavy atom. The first-order valence-corrected chi connectivity index (χ1v) is 7.52. The normalized spacial score (nSPS) is 13.7. The van der Waals surface area contributed by atoms with Crippen LogP contribution in [0.2, 0.25) is 0 Å². The van der Waals surface area contributed by atoms with Crippen molar-refractivity contribution in [2.45, 2.75) is 86.0 Å². The minimum absolute atomic E-state index is 0.0587. The van der Waals surface area contributed by atoms with Crippen LogP contribution in [0.3, 0.4) is 0 Å². The Bertz CT molecular complexity index is 200. The van der Waals surface area contributed by atoms with Gasteiger partial charge in [0.1, 0.15) is 0 Å². The first-order chi connectivity index (χ1) is 7.93. The van der Waals surface area contributed by atoms with E-state index in [0.717, 1.165) is 5.71 Å². The van der Waals surface area contributed by atoms with Gasteiger partial charge >= 0.3 is 0 Å². The number of hydrogen-bond acceptors (Lipinski definition) is 1. The molecule has 0 aliphatic rings. The lowest BCUT2D eigenvalue weighted by atomic mass is 9.78. The molecule has 0 saturated carbocycles. The van der Waals surface area contributed by atoms with Crippen LogP contribution in [0.25, 0.3) is 0 Å². The third-order valence-electron chi connectivity index (χ3n) is 3.53. The van der Waals surface area contributed by atoms with Crippen molar-refractivity contribution in [3.63, 3.8) is 0 Å². The van der Waals surface area contributed by atoms with E-state index in [-0.39, 0.29) is 5.41 Å². The molecule has 0 fully saturated rings. The fraction of sp³-hybridized carbons (Fsp3) is 0.938. The zero-order valence-corrected chi connectivity index (χ0v) is 12.7. The second-order valence-electron chi connectivity index (χ2n) is 6.35. The molecule has 17 heavy (non-hydrogen) atoms. The predicted molar refractivity (Wildman–Crippen MR) is 79.0 cm³/mol. The molecular weight excluding hydrogens is 206 g/mol. The smallest absolute Gasteiger partial charge is 0.0173 e. The Morgan fingerprint density at radius 1 is 0.882 bits per heavy atom. The average Bonchev–Trinajstić information content (AvgIpc) is 2.26. The molecule has 0 radical (unpaired) electrons. The molecule has 0 aromatic carbocycles. The van der Waals surface area contributed by atoms with E-state index in [1.165, 1.54) is 51.4 Å². The molecule has 0 aliphatic carbocycles. The van der Waals surface area contributed by atoms with Crippen LogP contribution in [0, 0.1) is 16.7 Å². The maximum absolute atomic E-state index is 8.36. The molecule has 1 heteroatoms. The van der Waals surface area contributed by atoms with E-state index >= 15 is 0 Å². The van der Waals surface area contributed by atoms with E-state index in [0.29, 0.717) is 5.92 Å². The summed E-state index contributed by atoms with van der Waals surface area (Å²) in [4.78, 5) is 0. The molecule has 1 N–H and O–H groups in total. The van der Waals surface area contributed by atoms with Gasteiger partial charge in [-0.2, -0.15) is 0 Å². The fourth-order valence-corrected chi connectivity index (χ4v) is 2.31. The number of nitrogens with one attached hydrogen (secondary N) is 1. The van der Waals surface area contributed by atoms with Gasteiger partial charge in [-0.3, -0.25) is 0 Å². The van der Waals surface area contributed by atoms with Gasteiger partial charge in [-0.15, -0.1) is 0 Å². The lowest BCUT2D eigenvalue weighted by Gasteiger charge is -2.28. The molecule has 0 aromatic rings. The minimum Gasteiger partial charge on any atom is -0.309 e. The SMILES string of the molecule is CCCCCCC(CCCC)C(=N)C(C)(C)C. The summed E-state index contributed by atoms with van der Waals surface area (Å²) in [5.74, 6) is 0.534. The lowest BCUT2D eigenvalue weighted by Crippen LogP contribution is -2.27. The number of unbranched alkanes of at least 4 members (excludes halogenated alkanes) is 4. The van der Waals surface area contributed by atoms with Crippen molar-refractivity contribution < 1.29 is 0 Å². The van der Waals surface area contributed by atoms with Crippen molar-refractivity contribution in [2.24, 2.45) is 11.3 Å². The van der Waals surface area contributed by atoms with E-state index in [9.17, 15) is 0 Å². The Hall–Kier alpha value is -0.330. The summed E-state index contributed by atoms with van der Waals surface area (Å²) in [6.07, 6.45) is 10.3. The molecule has 0 heterocycles. The standard InChI is InChI=1S/C16H33N/c1-6-8-10-11-13-14(12-9-7-2)15(17)16(3,4)5/h14,17H,6-13H2,1-5H3. The molecule has 0 aliphatic heterocycles. The van der Waals surface area contributed by atoms with Crippen molar-refractivity contribution in [1.82, 2.24) is 0 Å². The van der Waals surface area contributed by atoms with Crippen LogP contribution in [0.1, 0.15) is 86.0 Å². The maximum Gasteiger partial charge on any atom is 0.0173 e. The zero-order chi connectivity index (χ0) is 13.3. The van der Waals surface area contributed by atoms with Crippen LogP contribution < -0.4 is 0 Å². The summed E-state index contributed by atoms with van der Waals surface area (Å²) >= 11 is 0. The van der Waals surface area contributed by atoms with Gasteiger partial charge in [-0.25, -0.2) is 0 Å². The summed E-state index contributed by atoms with van der Waals surface area (Å²) in [5, 5.41) is 8.36. The van der Waals surface area contributed by atoms with Gasteiger partial charge in [0.05, 0.1) is 0 Å². The second kappa shape index (κ2) is 8.72. The Kier molecular flexibility index (Phi) is 8.55. The molecule has 1 unspecified atom stereocenters. The topological polar surface area (TPSA) is 23.9 Å². The van der Waals surface area contributed by atoms with Gasteiger partial charge in [0.2, 0.25) is 0 Å². The zero-order valence-electron chi connectivity index (χ0n) is 12.7. The molecule has 1 nitrogen and oxygen atoms in total. The van der Waals surface area contributed by atoms with Gasteiger partial charge in [0.25, 0.3) is 0 Å². The monoisotopic (exact) mass is 239 g/mol. The molecule has 0 amide bonds. The fourth-order valence-electron chi connectivity index (χ4n) is 2.31. The quantitative estimate of drug-likeness (QED) is 0.387. The van der Waals surface area contributed by atoms with E-state index in [2.05, 4.69) is 34.6 Å².